The molecule has 2 aliphatic heterocycles. The van der Waals surface area contributed by atoms with Crippen molar-refractivity contribution in [1.82, 2.24) is 0 Å². The molecule has 1 saturated heterocycles. The Balaban J connectivity index is 2.05. The molecule has 4 heteroatoms. The highest BCUT2D eigenvalue weighted by Crippen LogP contribution is 2.18. The Morgan fingerprint density at radius 3 is 3.18 bits per heavy atom. The first-order chi connectivity index (χ1) is 5.36. The lowest BCUT2D eigenvalue weighted by Crippen LogP contribution is -2.44. The van der Waals surface area contributed by atoms with Gasteiger partial charge in [0.05, 0.1) is 6.61 Å². The van der Waals surface area contributed by atoms with E-state index in [1.165, 1.54) is 0 Å². The summed E-state index contributed by atoms with van der Waals surface area (Å²) in [4.78, 5) is 0. The Morgan fingerprint density at radius 2 is 2.27 bits per heavy atom. The van der Waals surface area contributed by atoms with Crippen molar-refractivity contribution in [3.8, 4) is 0 Å². The van der Waals surface area contributed by atoms with Crippen molar-refractivity contribution in [3.63, 3.8) is 0 Å². The van der Waals surface area contributed by atoms with E-state index >= 15 is 0 Å². The van der Waals surface area contributed by atoms with Crippen molar-refractivity contribution in [3.05, 3.63) is 12.2 Å². The number of ether oxygens (including phenoxy) is 3. The zero-order valence-electron chi connectivity index (χ0n) is 5.97. The third-order valence-electron chi connectivity index (χ3n) is 1.77. The average Bonchev–Trinajstić information content (AvgIpc) is 2.04. The van der Waals surface area contributed by atoms with Crippen molar-refractivity contribution in [2.75, 3.05) is 13.4 Å². The fourth-order valence-electron chi connectivity index (χ4n) is 1.22. The first-order valence-electron chi connectivity index (χ1n) is 3.57. The topological polar surface area (TPSA) is 47.9 Å². The van der Waals surface area contributed by atoms with E-state index in [4.69, 9.17) is 19.3 Å². The number of aliphatic hydroxyl groups excluding tert-OH is 1. The highest BCUT2D eigenvalue weighted by atomic mass is 16.7. The van der Waals surface area contributed by atoms with E-state index in [2.05, 4.69) is 0 Å². The summed E-state index contributed by atoms with van der Waals surface area (Å²) in [7, 11) is 0. The molecule has 2 aliphatic rings. The monoisotopic (exact) mass is 158 g/mol. The fraction of sp³-hybridized carbons (Fsp3) is 0.714. The molecule has 0 aromatic heterocycles. The molecule has 0 aromatic rings. The minimum Gasteiger partial charge on any atom is -0.365 e. The molecule has 2 rings (SSSR count). The smallest absolute Gasteiger partial charge is 0.174 e. The van der Waals surface area contributed by atoms with E-state index in [0.29, 0.717) is 13.4 Å². The van der Waals surface area contributed by atoms with Crippen LogP contribution >= 0.6 is 0 Å². The maximum Gasteiger partial charge on any atom is 0.174 e. The average molecular weight is 158 g/mol. The van der Waals surface area contributed by atoms with Gasteiger partial charge < -0.3 is 19.3 Å². The van der Waals surface area contributed by atoms with Crippen LogP contribution in [0.4, 0.5) is 0 Å². The first-order valence-corrected chi connectivity index (χ1v) is 3.57. The molecule has 0 aromatic carbocycles. The molecular formula is C7H10O4. The van der Waals surface area contributed by atoms with Crippen LogP contribution in [0.2, 0.25) is 0 Å². The van der Waals surface area contributed by atoms with Crippen LogP contribution in [-0.2, 0) is 14.2 Å². The van der Waals surface area contributed by atoms with Crippen LogP contribution in [-0.4, -0.2) is 37.0 Å². The summed E-state index contributed by atoms with van der Waals surface area (Å²) >= 11 is 0. The van der Waals surface area contributed by atoms with Crippen molar-refractivity contribution in [2.24, 2.45) is 0 Å². The largest absolute Gasteiger partial charge is 0.365 e. The number of hydrogen-bond donors (Lipinski definition) is 1. The Kier molecular flexibility index (Phi) is 1.91. The maximum atomic E-state index is 9.03. The van der Waals surface area contributed by atoms with Crippen LogP contribution in [0.25, 0.3) is 0 Å². The lowest BCUT2D eigenvalue weighted by Gasteiger charge is -2.33. The fourth-order valence-corrected chi connectivity index (χ4v) is 1.22. The molecule has 3 atom stereocenters. The Bertz CT molecular complexity index is 168. The summed E-state index contributed by atoms with van der Waals surface area (Å²) in [6.45, 7) is 0.803. The second-order valence-electron chi connectivity index (χ2n) is 2.57. The second-order valence-corrected chi connectivity index (χ2v) is 2.57. The van der Waals surface area contributed by atoms with Crippen molar-refractivity contribution >= 4 is 0 Å². The summed E-state index contributed by atoms with van der Waals surface area (Å²) < 4.78 is 15.3. The quantitative estimate of drug-likeness (QED) is 0.489. The van der Waals surface area contributed by atoms with Crippen molar-refractivity contribution in [2.45, 2.75) is 18.5 Å². The Labute approximate surface area is 64.4 Å². The van der Waals surface area contributed by atoms with E-state index in [0.717, 1.165) is 0 Å². The minimum atomic E-state index is -0.804. The molecule has 2 heterocycles. The Morgan fingerprint density at radius 1 is 1.36 bits per heavy atom. The molecule has 0 saturated carbocycles. The van der Waals surface area contributed by atoms with Gasteiger partial charge in [-0.25, -0.2) is 0 Å². The first kappa shape index (κ1) is 7.24. The molecule has 0 bridgehead atoms. The number of aliphatic hydroxyl groups is 1. The standard InChI is InChI=1S/C7H10O4/c8-7-2-1-5-6(11-7)3-9-4-10-5/h1-2,5-8H,3-4H2/t5-,6+,7?/m0/s1. The molecule has 0 radical (unpaired) electrons. The van der Waals surface area contributed by atoms with Crippen LogP contribution < -0.4 is 0 Å². The molecule has 0 aliphatic carbocycles. The van der Waals surface area contributed by atoms with E-state index in [9.17, 15) is 0 Å². The third-order valence-corrected chi connectivity index (χ3v) is 1.77. The molecule has 1 fully saturated rings. The number of rotatable bonds is 0. The molecule has 0 amide bonds. The molecule has 1 N–H and O–H groups in total. The SMILES string of the molecule is OC1C=C[C@@H]2OCOC[C@H]2O1. The van der Waals surface area contributed by atoms with E-state index in [1.54, 1.807) is 12.2 Å². The predicted octanol–water partition coefficient (Wildman–Crippen LogP) is -0.367. The van der Waals surface area contributed by atoms with Crippen molar-refractivity contribution < 1.29 is 19.3 Å². The lowest BCUT2D eigenvalue weighted by atomic mass is 10.1. The molecule has 62 valence electrons. The zero-order valence-corrected chi connectivity index (χ0v) is 5.97. The van der Waals surface area contributed by atoms with Gasteiger partial charge in [0.25, 0.3) is 0 Å². The third kappa shape index (κ3) is 1.44. The molecule has 11 heavy (non-hydrogen) atoms. The van der Waals surface area contributed by atoms with Crippen LogP contribution in [0, 0.1) is 0 Å². The van der Waals surface area contributed by atoms with Gasteiger partial charge in [0.1, 0.15) is 19.0 Å². The molecular weight excluding hydrogens is 148 g/mol. The molecule has 1 unspecified atom stereocenters. The van der Waals surface area contributed by atoms with Crippen LogP contribution in [0.15, 0.2) is 12.2 Å². The van der Waals surface area contributed by atoms with Gasteiger partial charge in [-0.1, -0.05) is 6.08 Å². The van der Waals surface area contributed by atoms with Gasteiger partial charge in [0.2, 0.25) is 0 Å². The van der Waals surface area contributed by atoms with Crippen LogP contribution in [0.1, 0.15) is 0 Å². The normalized spacial score (nSPS) is 43.5. The summed E-state index contributed by atoms with van der Waals surface area (Å²) in [6.07, 6.45) is 2.38. The second kappa shape index (κ2) is 2.91. The molecule has 0 spiro atoms. The van der Waals surface area contributed by atoms with Gasteiger partial charge in [-0.05, 0) is 6.08 Å². The highest BCUT2D eigenvalue weighted by molar-refractivity contribution is 5.00. The lowest BCUT2D eigenvalue weighted by molar-refractivity contribution is -0.233. The van der Waals surface area contributed by atoms with Gasteiger partial charge in [0, 0.05) is 0 Å². The van der Waals surface area contributed by atoms with E-state index in [-0.39, 0.29) is 12.2 Å². The predicted molar refractivity (Wildman–Crippen MR) is 35.7 cm³/mol. The van der Waals surface area contributed by atoms with Gasteiger partial charge >= 0.3 is 0 Å². The van der Waals surface area contributed by atoms with Crippen molar-refractivity contribution in [1.29, 1.82) is 0 Å². The summed E-state index contributed by atoms with van der Waals surface area (Å²) in [5.74, 6) is 0. The van der Waals surface area contributed by atoms with E-state index < -0.39 is 6.29 Å². The minimum absolute atomic E-state index is 0.0489. The summed E-state index contributed by atoms with van der Waals surface area (Å²) in [5, 5.41) is 9.03. The van der Waals surface area contributed by atoms with Gasteiger partial charge in [-0.3, -0.25) is 0 Å². The summed E-state index contributed by atoms with van der Waals surface area (Å²) in [6, 6.07) is 0. The maximum absolute atomic E-state index is 9.03. The molecule has 4 nitrogen and oxygen atoms in total. The Hall–Kier alpha value is -0.420. The van der Waals surface area contributed by atoms with Crippen LogP contribution in [0.5, 0.6) is 0 Å². The summed E-state index contributed by atoms with van der Waals surface area (Å²) in [5.41, 5.74) is 0. The zero-order chi connectivity index (χ0) is 7.68. The number of fused-ring (bicyclic) bond motifs is 1. The number of hydrogen-bond acceptors (Lipinski definition) is 4. The van der Waals surface area contributed by atoms with Gasteiger partial charge in [0.15, 0.2) is 6.29 Å². The highest BCUT2D eigenvalue weighted by Gasteiger charge is 2.29. The van der Waals surface area contributed by atoms with Crippen LogP contribution in [0.3, 0.4) is 0 Å². The van der Waals surface area contributed by atoms with Gasteiger partial charge in [-0.15, -0.1) is 0 Å². The van der Waals surface area contributed by atoms with E-state index in [1.807, 2.05) is 0 Å². The van der Waals surface area contributed by atoms with Gasteiger partial charge in [-0.2, -0.15) is 0 Å².